The van der Waals surface area contributed by atoms with Gasteiger partial charge in [-0.3, -0.25) is 20.1 Å². The van der Waals surface area contributed by atoms with E-state index >= 15 is 0 Å². The monoisotopic (exact) mass is 508 g/mol. The molecule has 1 aliphatic heterocycles. The number of nitrogen functional groups attached to an aromatic ring is 1. The van der Waals surface area contributed by atoms with Gasteiger partial charge in [0.05, 0.1) is 19.3 Å². The average Bonchev–Trinajstić information content (AvgIpc) is 3.53. The fraction of sp³-hybridized carbons (Fsp3) is 0.172. The maximum Gasteiger partial charge on any atom is 0.320 e. The number of nitrogens with zero attached hydrogens (tertiary/aromatic N) is 4. The highest BCUT2D eigenvalue weighted by atomic mass is 19.1. The van der Waals surface area contributed by atoms with Crippen LogP contribution in [0.4, 0.5) is 21.8 Å². The van der Waals surface area contributed by atoms with Crippen LogP contribution in [-0.4, -0.2) is 21.4 Å². The smallest absolute Gasteiger partial charge is 0.320 e. The fourth-order valence-corrected chi connectivity index (χ4v) is 5.05. The number of nitrogens with one attached hydrogen (secondary N) is 2. The number of pyridine rings is 1. The first-order valence-electron chi connectivity index (χ1n) is 12.4. The minimum absolute atomic E-state index is 0.103. The highest BCUT2D eigenvalue weighted by Crippen LogP contribution is 2.30. The van der Waals surface area contributed by atoms with Gasteiger partial charge in [-0.2, -0.15) is 0 Å². The molecule has 2 aliphatic rings. The normalized spacial score (nSPS) is 17.7. The molecule has 190 valence electrons. The Balaban J connectivity index is 1.38. The molecule has 0 amide bonds. The number of allylic oxidation sites excluding steroid dienone is 1. The molecule has 4 N–H and O–H groups in total. The van der Waals surface area contributed by atoms with E-state index in [9.17, 15) is 9.18 Å². The molecule has 0 bridgehead atoms. The molecule has 0 radical (unpaired) electrons. The van der Waals surface area contributed by atoms with Gasteiger partial charge in [-0.05, 0) is 30.2 Å². The molecule has 2 atom stereocenters. The molecule has 6 rings (SSSR count). The Morgan fingerprint density at radius 1 is 1.21 bits per heavy atom. The molecule has 0 fully saturated rings. The maximum atomic E-state index is 13.6. The number of para-hydroxylation sites is 1. The van der Waals surface area contributed by atoms with E-state index in [1.807, 2.05) is 59.2 Å². The number of anilines is 3. The van der Waals surface area contributed by atoms with Crippen molar-refractivity contribution >= 4 is 23.3 Å². The Bertz CT molecular complexity index is 1630. The number of halogens is 1. The van der Waals surface area contributed by atoms with Crippen LogP contribution in [-0.2, 0) is 13.6 Å². The molecule has 38 heavy (non-hydrogen) atoms. The quantitative estimate of drug-likeness (QED) is 0.165. The van der Waals surface area contributed by atoms with Gasteiger partial charge in [-0.15, -0.1) is 0 Å². The van der Waals surface area contributed by atoms with Crippen molar-refractivity contribution in [1.29, 1.82) is 0 Å². The second kappa shape index (κ2) is 9.59. The van der Waals surface area contributed by atoms with Crippen molar-refractivity contribution in [2.75, 3.05) is 16.4 Å². The highest BCUT2D eigenvalue weighted by Gasteiger charge is 2.42. The van der Waals surface area contributed by atoms with Crippen LogP contribution in [0.15, 0.2) is 94.9 Å². The summed E-state index contributed by atoms with van der Waals surface area (Å²) in [6.07, 6.45) is 6.52. The van der Waals surface area contributed by atoms with E-state index < -0.39 is 0 Å². The molecule has 0 saturated heterocycles. The van der Waals surface area contributed by atoms with Crippen molar-refractivity contribution in [3.05, 3.63) is 112 Å². The SMILES string of the molecule is Cn1c2[n+](c(N)c(C(=NCc3ccc(-c4cc(F)ccn4)cc3)Nc3ccccc3)c1=O)[C@H]1CC=C[C@H]1N2. The van der Waals surface area contributed by atoms with Gasteiger partial charge in [-0.25, -0.2) is 13.5 Å². The topological polar surface area (TPSA) is 101 Å². The van der Waals surface area contributed by atoms with Gasteiger partial charge in [0, 0.05) is 23.5 Å². The van der Waals surface area contributed by atoms with Crippen LogP contribution in [0.25, 0.3) is 11.3 Å². The van der Waals surface area contributed by atoms with Crippen molar-refractivity contribution in [3.8, 4) is 11.3 Å². The summed E-state index contributed by atoms with van der Waals surface area (Å²) in [6.45, 7) is 0.308. The zero-order valence-corrected chi connectivity index (χ0v) is 20.8. The summed E-state index contributed by atoms with van der Waals surface area (Å²) in [4.78, 5) is 22.7. The van der Waals surface area contributed by atoms with E-state index in [1.165, 1.54) is 18.3 Å². The lowest BCUT2D eigenvalue weighted by molar-refractivity contribution is -0.687. The molecule has 3 heterocycles. The minimum Gasteiger partial charge on any atom is -0.340 e. The minimum atomic E-state index is -0.332. The Labute approximate surface area is 219 Å². The molecule has 2 aromatic carbocycles. The van der Waals surface area contributed by atoms with Crippen molar-refractivity contribution in [3.63, 3.8) is 0 Å². The number of rotatable bonds is 5. The summed E-state index contributed by atoms with van der Waals surface area (Å²) in [5.41, 5.74) is 9.88. The first kappa shape index (κ1) is 23.6. The second-order valence-corrected chi connectivity index (χ2v) is 9.43. The third-order valence-electron chi connectivity index (χ3n) is 7.01. The van der Waals surface area contributed by atoms with E-state index in [1.54, 1.807) is 11.6 Å². The van der Waals surface area contributed by atoms with Crippen LogP contribution in [0.1, 0.15) is 23.6 Å². The lowest BCUT2D eigenvalue weighted by atomic mass is 10.1. The Morgan fingerprint density at radius 2 is 2.00 bits per heavy atom. The summed E-state index contributed by atoms with van der Waals surface area (Å²) < 4.78 is 17.2. The molecule has 0 unspecified atom stereocenters. The zero-order chi connectivity index (χ0) is 26.2. The molecular weight excluding hydrogens is 481 g/mol. The lowest BCUT2D eigenvalue weighted by Gasteiger charge is -2.16. The largest absolute Gasteiger partial charge is 0.340 e. The van der Waals surface area contributed by atoms with Gasteiger partial charge in [0.2, 0.25) is 5.82 Å². The number of aliphatic imine (C=N–C) groups is 1. The number of fused-ring (bicyclic) bond motifs is 3. The van der Waals surface area contributed by atoms with Crippen molar-refractivity contribution in [2.45, 2.75) is 25.0 Å². The second-order valence-electron chi connectivity index (χ2n) is 9.43. The number of aromatic nitrogens is 3. The lowest BCUT2D eigenvalue weighted by Crippen LogP contribution is -2.47. The van der Waals surface area contributed by atoms with Crippen molar-refractivity contribution < 1.29 is 8.96 Å². The summed E-state index contributed by atoms with van der Waals surface area (Å²) in [6, 6.07) is 20.1. The first-order valence-corrected chi connectivity index (χ1v) is 12.4. The third kappa shape index (κ3) is 4.21. The molecule has 0 saturated carbocycles. The number of hydrogen-bond acceptors (Lipinski definition) is 5. The van der Waals surface area contributed by atoms with E-state index in [0.717, 1.165) is 23.2 Å². The third-order valence-corrected chi connectivity index (χ3v) is 7.01. The summed E-state index contributed by atoms with van der Waals surface area (Å²) >= 11 is 0. The average molecular weight is 509 g/mol. The molecule has 9 heteroatoms. The molecule has 8 nitrogen and oxygen atoms in total. The Kier molecular flexibility index (Phi) is 5.95. The number of hydrogen-bond donors (Lipinski definition) is 3. The van der Waals surface area contributed by atoms with Crippen molar-refractivity contribution in [1.82, 2.24) is 9.55 Å². The fourth-order valence-electron chi connectivity index (χ4n) is 5.05. The Hall–Kier alpha value is -4.79. The van der Waals surface area contributed by atoms with E-state index in [-0.39, 0.29) is 23.5 Å². The van der Waals surface area contributed by atoms with Crippen LogP contribution < -0.4 is 26.5 Å². The number of nitrogens with two attached hydrogens (primary N) is 1. The van der Waals surface area contributed by atoms with Crippen LogP contribution in [0.3, 0.4) is 0 Å². The van der Waals surface area contributed by atoms with Crippen LogP contribution in [0.5, 0.6) is 0 Å². The predicted molar refractivity (Wildman–Crippen MR) is 146 cm³/mol. The molecule has 2 aromatic heterocycles. The van der Waals surface area contributed by atoms with Gasteiger partial charge < -0.3 is 11.1 Å². The van der Waals surface area contributed by atoms with Gasteiger partial charge in [-0.1, -0.05) is 54.6 Å². The summed E-state index contributed by atoms with van der Waals surface area (Å²) in [5, 5.41) is 6.74. The van der Waals surface area contributed by atoms with Crippen LogP contribution >= 0.6 is 0 Å². The van der Waals surface area contributed by atoms with Crippen LogP contribution in [0.2, 0.25) is 0 Å². The standard InChI is InChI=1S/C29H26FN7O/c1-36-28(38)25(26(31)37-24-9-5-8-22(24)35-29(36)37)27(34-21-6-3-2-4-7-21)33-17-18-10-12-19(13-11-18)23-16-20(30)14-15-32-23/h2-8,10-16,22,24H,9,17H2,1H3,(H3,31,33,34,38)/p+1/t22-,24+/m1/s1. The molecular formula is C29H27FN7O+. The highest BCUT2D eigenvalue weighted by molar-refractivity contribution is 6.10. The Morgan fingerprint density at radius 3 is 2.76 bits per heavy atom. The van der Waals surface area contributed by atoms with Crippen molar-refractivity contribution in [2.24, 2.45) is 12.0 Å². The number of amidine groups is 1. The zero-order valence-electron chi connectivity index (χ0n) is 20.8. The van der Waals surface area contributed by atoms with E-state index in [4.69, 9.17) is 10.7 Å². The van der Waals surface area contributed by atoms with Crippen LogP contribution in [0, 0.1) is 5.82 Å². The predicted octanol–water partition coefficient (Wildman–Crippen LogP) is 3.81. The molecule has 4 aromatic rings. The van der Waals surface area contributed by atoms with E-state index in [0.29, 0.717) is 35.4 Å². The molecule has 1 aliphatic carbocycles. The van der Waals surface area contributed by atoms with Gasteiger partial charge in [0.15, 0.2) is 5.56 Å². The maximum absolute atomic E-state index is 13.6. The first-order chi connectivity index (χ1) is 18.5. The van der Waals surface area contributed by atoms with Gasteiger partial charge in [0.25, 0.3) is 0 Å². The van der Waals surface area contributed by atoms with Gasteiger partial charge in [0.1, 0.15) is 23.7 Å². The van der Waals surface area contributed by atoms with E-state index in [2.05, 4.69) is 27.8 Å². The number of benzene rings is 2. The summed E-state index contributed by atoms with van der Waals surface area (Å²) in [7, 11) is 1.74. The van der Waals surface area contributed by atoms with Gasteiger partial charge >= 0.3 is 11.5 Å². The summed E-state index contributed by atoms with van der Waals surface area (Å²) in [5.74, 6) is 1.13. The molecule has 0 spiro atoms.